The Bertz CT molecular complexity index is 492. The fraction of sp³-hybridized carbons (Fsp3) is 0.538. The number of nitrogens with zero attached hydrogens (tertiary/aromatic N) is 1. The molecule has 1 aromatic heterocycles. The maximum Gasteiger partial charge on any atom is 0.264 e. The lowest BCUT2D eigenvalue weighted by Gasteiger charge is -2.46. The number of amides is 2. The van der Waals surface area contributed by atoms with Gasteiger partial charge in [0.15, 0.2) is 0 Å². The highest BCUT2D eigenvalue weighted by Gasteiger charge is 2.43. The molecule has 1 saturated heterocycles. The summed E-state index contributed by atoms with van der Waals surface area (Å²) in [6.45, 7) is 4.24. The van der Waals surface area contributed by atoms with Gasteiger partial charge in [0.1, 0.15) is 0 Å². The molecule has 0 aromatic carbocycles. The summed E-state index contributed by atoms with van der Waals surface area (Å²) < 4.78 is 0. The third-order valence-electron chi connectivity index (χ3n) is 3.09. The number of aliphatic hydroxyl groups is 1. The Hall–Kier alpha value is -1.40. The minimum absolute atomic E-state index is 0.0811. The van der Waals surface area contributed by atoms with Gasteiger partial charge in [0, 0.05) is 6.92 Å². The summed E-state index contributed by atoms with van der Waals surface area (Å²) in [5.74, 6) is -0.232. The Balaban J connectivity index is 1.95. The van der Waals surface area contributed by atoms with Crippen molar-refractivity contribution in [1.29, 1.82) is 0 Å². The van der Waals surface area contributed by atoms with Crippen molar-refractivity contribution in [3.8, 4) is 0 Å². The summed E-state index contributed by atoms with van der Waals surface area (Å²) in [7, 11) is 0. The number of carbonyl (C=O) groups excluding carboxylic acids is 2. The standard InChI is InChI=1S/C13H18N2O3S/c1-3-6-13(18)7-15(8-13)12(17)10-4-5-11(19-10)14-9(2)16/h4-5,18H,3,6-8H2,1-2H3,(H,14,16). The molecule has 5 nitrogen and oxygen atoms in total. The Labute approximate surface area is 116 Å². The molecule has 104 valence electrons. The molecule has 0 radical (unpaired) electrons. The maximum absolute atomic E-state index is 12.1. The van der Waals surface area contributed by atoms with E-state index >= 15 is 0 Å². The Morgan fingerprint density at radius 1 is 1.47 bits per heavy atom. The van der Waals surface area contributed by atoms with Gasteiger partial charge in [-0.05, 0) is 18.6 Å². The normalized spacial score (nSPS) is 16.9. The fourth-order valence-corrected chi connectivity index (χ4v) is 3.20. The van der Waals surface area contributed by atoms with Crippen LogP contribution < -0.4 is 5.32 Å². The zero-order valence-electron chi connectivity index (χ0n) is 11.1. The molecule has 1 aliphatic rings. The second-order valence-corrected chi connectivity index (χ2v) is 6.06. The van der Waals surface area contributed by atoms with Crippen LogP contribution in [0.1, 0.15) is 36.4 Å². The second kappa shape index (κ2) is 5.30. The van der Waals surface area contributed by atoms with Gasteiger partial charge in [-0.2, -0.15) is 0 Å². The smallest absolute Gasteiger partial charge is 0.264 e. The average molecular weight is 282 g/mol. The highest BCUT2D eigenvalue weighted by atomic mass is 32.1. The lowest BCUT2D eigenvalue weighted by molar-refractivity contribution is -0.114. The number of likely N-dealkylation sites (tertiary alicyclic amines) is 1. The maximum atomic E-state index is 12.1. The van der Waals surface area contributed by atoms with Gasteiger partial charge >= 0.3 is 0 Å². The predicted octanol–water partition coefficient (Wildman–Crippen LogP) is 1.69. The van der Waals surface area contributed by atoms with Crippen molar-refractivity contribution in [3.63, 3.8) is 0 Å². The van der Waals surface area contributed by atoms with E-state index in [9.17, 15) is 14.7 Å². The molecule has 2 N–H and O–H groups in total. The second-order valence-electron chi connectivity index (χ2n) is 4.98. The topological polar surface area (TPSA) is 69.6 Å². The molecule has 0 atom stereocenters. The van der Waals surface area contributed by atoms with Gasteiger partial charge in [-0.3, -0.25) is 9.59 Å². The number of anilines is 1. The quantitative estimate of drug-likeness (QED) is 0.883. The van der Waals surface area contributed by atoms with Crippen molar-refractivity contribution in [2.75, 3.05) is 18.4 Å². The predicted molar refractivity (Wildman–Crippen MR) is 74.4 cm³/mol. The third kappa shape index (κ3) is 3.13. The molecule has 19 heavy (non-hydrogen) atoms. The van der Waals surface area contributed by atoms with Crippen LogP contribution >= 0.6 is 11.3 Å². The van der Waals surface area contributed by atoms with E-state index in [1.165, 1.54) is 18.3 Å². The van der Waals surface area contributed by atoms with E-state index in [1.807, 2.05) is 6.92 Å². The first-order valence-electron chi connectivity index (χ1n) is 6.32. The number of rotatable bonds is 4. The van der Waals surface area contributed by atoms with Gasteiger partial charge in [-0.15, -0.1) is 11.3 Å². The van der Waals surface area contributed by atoms with E-state index in [0.29, 0.717) is 23.0 Å². The van der Waals surface area contributed by atoms with E-state index in [2.05, 4.69) is 5.32 Å². The molecule has 0 unspecified atom stereocenters. The lowest BCUT2D eigenvalue weighted by atomic mass is 9.89. The summed E-state index contributed by atoms with van der Waals surface area (Å²) in [4.78, 5) is 25.3. The summed E-state index contributed by atoms with van der Waals surface area (Å²) in [6.07, 6.45) is 1.63. The minimum atomic E-state index is -0.706. The van der Waals surface area contributed by atoms with Crippen LogP contribution in [0.5, 0.6) is 0 Å². The molecular formula is C13H18N2O3S. The van der Waals surface area contributed by atoms with Gasteiger partial charge in [0.25, 0.3) is 5.91 Å². The van der Waals surface area contributed by atoms with Crippen molar-refractivity contribution >= 4 is 28.2 Å². The molecule has 2 rings (SSSR count). The largest absolute Gasteiger partial charge is 0.386 e. The summed E-state index contributed by atoms with van der Waals surface area (Å²) in [5.41, 5.74) is -0.706. The summed E-state index contributed by atoms with van der Waals surface area (Å²) in [5, 5.41) is 13.4. The van der Waals surface area contributed by atoms with Crippen LogP contribution in [0.25, 0.3) is 0 Å². The number of β-amino-alcohol motifs (C(OH)–C–C–N with tert-alkyl or cyclic N) is 1. The van der Waals surface area contributed by atoms with E-state index < -0.39 is 5.60 Å². The number of carbonyl (C=O) groups is 2. The Morgan fingerprint density at radius 2 is 2.16 bits per heavy atom. The number of thiophene rings is 1. The Morgan fingerprint density at radius 3 is 2.74 bits per heavy atom. The molecule has 1 aromatic rings. The van der Waals surface area contributed by atoms with Gasteiger partial charge < -0.3 is 15.3 Å². The van der Waals surface area contributed by atoms with Crippen LogP contribution in [0.15, 0.2) is 12.1 Å². The van der Waals surface area contributed by atoms with Gasteiger partial charge in [-0.1, -0.05) is 13.3 Å². The molecule has 0 bridgehead atoms. The molecule has 6 heteroatoms. The van der Waals surface area contributed by atoms with Crippen LogP contribution in [-0.2, 0) is 4.79 Å². The van der Waals surface area contributed by atoms with Gasteiger partial charge in [0.2, 0.25) is 5.91 Å². The van der Waals surface area contributed by atoms with E-state index in [0.717, 1.165) is 12.8 Å². The van der Waals surface area contributed by atoms with Crippen LogP contribution in [0.4, 0.5) is 5.00 Å². The van der Waals surface area contributed by atoms with Crippen molar-refractivity contribution in [2.24, 2.45) is 0 Å². The van der Waals surface area contributed by atoms with Crippen LogP contribution in [0, 0.1) is 0 Å². The van der Waals surface area contributed by atoms with Crippen LogP contribution in [-0.4, -0.2) is 40.5 Å². The average Bonchev–Trinajstić information content (AvgIpc) is 2.72. The first-order chi connectivity index (χ1) is 8.93. The first kappa shape index (κ1) is 14.0. The third-order valence-corrected chi connectivity index (χ3v) is 4.08. The van der Waals surface area contributed by atoms with Crippen molar-refractivity contribution in [2.45, 2.75) is 32.3 Å². The molecule has 2 amide bonds. The van der Waals surface area contributed by atoms with Gasteiger partial charge in [0.05, 0.1) is 28.6 Å². The zero-order valence-corrected chi connectivity index (χ0v) is 11.9. The summed E-state index contributed by atoms with van der Waals surface area (Å²) >= 11 is 1.26. The molecule has 1 aliphatic heterocycles. The lowest BCUT2D eigenvalue weighted by Crippen LogP contribution is -2.63. The fourth-order valence-electron chi connectivity index (χ4n) is 2.28. The Kier molecular flexibility index (Phi) is 3.91. The van der Waals surface area contributed by atoms with Crippen LogP contribution in [0.3, 0.4) is 0 Å². The SMILES string of the molecule is CCCC1(O)CN(C(=O)c2ccc(NC(C)=O)s2)C1. The highest BCUT2D eigenvalue weighted by molar-refractivity contribution is 7.18. The van der Waals surface area contributed by atoms with Crippen molar-refractivity contribution < 1.29 is 14.7 Å². The molecular weight excluding hydrogens is 264 g/mol. The molecule has 0 saturated carbocycles. The van der Waals surface area contributed by atoms with Crippen LogP contribution in [0.2, 0.25) is 0 Å². The first-order valence-corrected chi connectivity index (χ1v) is 7.14. The molecule has 2 heterocycles. The van der Waals surface area contributed by atoms with E-state index in [-0.39, 0.29) is 11.8 Å². The van der Waals surface area contributed by atoms with Crippen molar-refractivity contribution in [1.82, 2.24) is 4.90 Å². The number of nitrogens with one attached hydrogen (secondary N) is 1. The monoisotopic (exact) mass is 282 g/mol. The van der Waals surface area contributed by atoms with E-state index in [1.54, 1.807) is 17.0 Å². The number of hydrogen-bond donors (Lipinski definition) is 2. The molecule has 0 spiro atoms. The summed E-state index contributed by atoms with van der Waals surface area (Å²) in [6, 6.07) is 3.42. The number of hydrogen-bond acceptors (Lipinski definition) is 4. The molecule has 1 fully saturated rings. The van der Waals surface area contributed by atoms with E-state index in [4.69, 9.17) is 0 Å². The zero-order chi connectivity index (χ0) is 14.0. The highest BCUT2D eigenvalue weighted by Crippen LogP contribution is 2.30. The minimum Gasteiger partial charge on any atom is -0.386 e. The van der Waals surface area contributed by atoms with Crippen molar-refractivity contribution in [3.05, 3.63) is 17.0 Å². The molecule has 0 aliphatic carbocycles. The van der Waals surface area contributed by atoms with Gasteiger partial charge in [-0.25, -0.2) is 0 Å².